The minimum atomic E-state index is -3.82. The monoisotopic (exact) mass is 481 g/mol. The second-order valence-corrected chi connectivity index (χ2v) is 9.51. The molecule has 12 heteroatoms. The van der Waals surface area contributed by atoms with E-state index in [9.17, 15) is 23.3 Å². The molecule has 1 fully saturated rings. The largest absolute Gasteiger partial charge is 0.362 e. The fourth-order valence-corrected chi connectivity index (χ4v) is 5.26. The highest BCUT2D eigenvalue weighted by atomic mass is 35.5. The highest BCUT2D eigenvalue weighted by Crippen LogP contribution is 2.32. The first-order chi connectivity index (χ1) is 15.2. The van der Waals surface area contributed by atoms with Gasteiger partial charge in [0.15, 0.2) is 0 Å². The Kier molecular flexibility index (Phi) is 7.32. The Bertz CT molecular complexity index is 1120. The SMILES string of the molecule is CCN(CC)S(=O)(=O)c1ccc(N2CCN(C(=O)c3cc(Cl)ccn3)CC2)c([N+](=O)[O-])c1. The number of amides is 1. The third-order valence-electron chi connectivity index (χ3n) is 5.34. The summed E-state index contributed by atoms with van der Waals surface area (Å²) < 4.78 is 26.8. The first kappa shape index (κ1) is 23.9. The van der Waals surface area contributed by atoms with Crippen LogP contribution in [-0.4, -0.2) is 72.7 Å². The summed E-state index contributed by atoms with van der Waals surface area (Å²) in [4.78, 5) is 31.1. The molecule has 1 aliphatic rings. The van der Waals surface area contributed by atoms with E-state index in [-0.39, 0.29) is 35.3 Å². The number of halogens is 1. The zero-order chi connectivity index (χ0) is 23.5. The zero-order valence-electron chi connectivity index (χ0n) is 17.8. The molecule has 0 radical (unpaired) electrons. The highest BCUT2D eigenvalue weighted by molar-refractivity contribution is 7.89. The second kappa shape index (κ2) is 9.80. The van der Waals surface area contributed by atoms with Crippen LogP contribution in [0.5, 0.6) is 0 Å². The van der Waals surface area contributed by atoms with E-state index in [0.717, 1.165) is 6.07 Å². The second-order valence-electron chi connectivity index (χ2n) is 7.14. The topological polar surface area (TPSA) is 117 Å². The highest BCUT2D eigenvalue weighted by Gasteiger charge is 2.30. The molecule has 2 heterocycles. The van der Waals surface area contributed by atoms with Crippen molar-refractivity contribution in [2.24, 2.45) is 0 Å². The van der Waals surface area contributed by atoms with Gasteiger partial charge in [-0.25, -0.2) is 8.42 Å². The Morgan fingerprint density at radius 3 is 2.38 bits per heavy atom. The molecule has 1 aromatic carbocycles. The van der Waals surface area contributed by atoms with Gasteiger partial charge in [0.1, 0.15) is 11.4 Å². The van der Waals surface area contributed by atoms with Crippen LogP contribution < -0.4 is 4.90 Å². The van der Waals surface area contributed by atoms with Crippen LogP contribution in [0.4, 0.5) is 11.4 Å². The molecule has 1 saturated heterocycles. The van der Waals surface area contributed by atoms with Crippen LogP contribution >= 0.6 is 11.6 Å². The van der Waals surface area contributed by atoms with Gasteiger partial charge in [-0.15, -0.1) is 0 Å². The fourth-order valence-electron chi connectivity index (χ4n) is 3.62. The number of aromatic nitrogens is 1. The number of hydrogen-bond donors (Lipinski definition) is 0. The first-order valence-corrected chi connectivity index (χ1v) is 11.9. The number of nitro benzene ring substituents is 1. The van der Waals surface area contributed by atoms with Gasteiger partial charge in [-0.05, 0) is 24.3 Å². The van der Waals surface area contributed by atoms with Crippen LogP contribution in [0.3, 0.4) is 0 Å². The molecule has 0 bridgehead atoms. The maximum atomic E-state index is 12.8. The molecule has 1 aromatic heterocycles. The number of pyridine rings is 1. The summed E-state index contributed by atoms with van der Waals surface area (Å²) in [5, 5.41) is 12.1. The van der Waals surface area contributed by atoms with E-state index in [1.54, 1.807) is 29.7 Å². The van der Waals surface area contributed by atoms with E-state index >= 15 is 0 Å². The number of anilines is 1. The van der Waals surface area contributed by atoms with Crippen LogP contribution in [0, 0.1) is 10.1 Å². The Morgan fingerprint density at radius 2 is 1.81 bits per heavy atom. The van der Waals surface area contributed by atoms with Crippen LogP contribution in [0.1, 0.15) is 24.3 Å². The molecule has 32 heavy (non-hydrogen) atoms. The smallest absolute Gasteiger partial charge is 0.293 e. The van der Waals surface area contributed by atoms with Gasteiger partial charge in [0.25, 0.3) is 11.6 Å². The normalized spacial score (nSPS) is 14.6. The summed E-state index contributed by atoms with van der Waals surface area (Å²) >= 11 is 5.93. The molecule has 172 valence electrons. The lowest BCUT2D eigenvalue weighted by Crippen LogP contribution is -2.49. The van der Waals surface area contributed by atoms with Crippen LogP contribution in [-0.2, 0) is 10.0 Å². The van der Waals surface area contributed by atoms with Crippen molar-refractivity contribution in [3.8, 4) is 0 Å². The average Bonchev–Trinajstić information content (AvgIpc) is 2.79. The van der Waals surface area contributed by atoms with Crippen molar-refractivity contribution < 1.29 is 18.1 Å². The summed E-state index contributed by atoms with van der Waals surface area (Å²) in [6.45, 7) is 5.35. The summed E-state index contributed by atoms with van der Waals surface area (Å²) in [7, 11) is -3.82. The van der Waals surface area contributed by atoms with Crippen molar-refractivity contribution in [2.45, 2.75) is 18.7 Å². The molecule has 0 aliphatic carbocycles. The number of benzene rings is 1. The zero-order valence-corrected chi connectivity index (χ0v) is 19.3. The third kappa shape index (κ3) is 4.84. The van der Waals surface area contributed by atoms with E-state index in [1.807, 2.05) is 0 Å². The molecule has 1 aliphatic heterocycles. The van der Waals surface area contributed by atoms with E-state index in [2.05, 4.69) is 4.98 Å². The van der Waals surface area contributed by atoms with Crippen molar-refractivity contribution in [2.75, 3.05) is 44.2 Å². The molecular formula is C20H24ClN5O5S. The van der Waals surface area contributed by atoms with Crippen molar-refractivity contribution in [3.05, 3.63) is 57.4 Å². The van der Waals surface area contributed by atoms with Gasteiger partial charge in [0.05, 0.1) is 9.82 Å². The lowest BCUT2D eigenvalue weighted by atomic mass is 10.2. The number of rotatable bonds is 7. The maximum Gasteiger partial charge on any atom is 0.293 e. The van der Waals surface area contributed by atoms with Gasteiger partial charge < -0.3 is 9.80 Å². The van der Waals surface area contributed by atoms with Gasteiger partial charge in [-0.2, -0.15) is 4.31 Å². The van der Waals surface area contributed by atoms with Crippen LogP contribution in [0.25, 0.3) is 0 Å². The third-order valence-corrected chi connectivity index (χ3v) is 7.62. The standard InChI is InChI=1S/C20H24ClN5O5S/c1-3-25(4-2)32(30,31)16-5-6-18(19(14-16)26(28)29)23-9-11-24(12-10-23)20(27)17-13-15(21)7-8-22-17/h5-8,13-14H,3-4,9-12H2,1-2H3. The molecule has 3 rings (SSSR count). The predicted molar refractivity (Wildman–Crippen MR) is 121 cm³/mol. The van der Waals surface area contributed by atoms with Gasteiger partial charge >= 0.3 is 0 Å². The first-order valence-electron chi connectivity index (χ1n) is 10.1. The molecule has 0 N–H and O–H groups in total. The Balaban J connectivity index is 1.80. The molecule has 10 nitrogen and oxygen atoms in total. The molecular weight excluding hydrogens is 458 g/mol. The number of nitro groups is 1. The molecule has 0 atom stereocenters. The van der Waals surface area contributed by atoms with Crippen molar-refractivity contribution in [1.29, 1.82) is 0 Å². The van der Waals surface area contributed by atoms with E-state index < -0.39 is 14.9 Å². The minimum absolute atomic E-state index is 0.113. The van der Waals surface area contributed by atoms with Crippen molar-refractivity contribution in [1.82, 2.24) is 14.2 Å². The molecule has 0 saturated carbocycles. The van der Waals surface area contributed by atoms with Gasteiger partial charge in [0.2, 0.25) is 10.0 Å². The van der Waals surface area contributed by atoms with Gasteiger partial charge in [-0.3, -0.25) is 19.9 Å². The number of piperazine rings is 1. The molecule has 0 unspecified atom stereocenters. The van der Waals surface area contributed by atoms with Gasteiger partial charge in [0, 0.05) is 56.6 Å². The Morgan fingerprint density at radius 1 is 1.16 bits per heavy atom. The quantitative estimate of drug-likeness (QED) is 0.440. The molecule has 1 amide bonds. The molecule has 2 aromatic rings. The molecule has 0 spiro atoms. The minimum Gasteiger partial charge on any atom is -0.362 e. The Hall–Kier alpha value is -2.76. The fraction of sp³-hybridized carbons (Fsp3) is 0.400. The number of nitrogens with zero attached hydrogens (tertiary/aromatic N) is 5. The predicted octanol–water partition coefficient (Wildman–Crippen LogP) is 2.64. The maximum absolute atomic E-state index is 12.8. The number of carbonyl (C=O) groups is 1. The number of hydrogen-bond acceptors (Lipinski definition) is 7. The van der Waals surface area contributed by atoms with Crippen LogP contribution in [0.15, 0.2) is 41.4 Å². The summed E-state index contributed by atoms with van der Waals surface area (Å²) in [5.41, 5.74) is 0.277. The average molecular weight is 482 g/mol. The van der Waals surface area contributed by atoms with Gasteiger partial charge in [-0.1, -0.05) is 25.4 Å². The lowest BCUT2D eigenvalue weighted by molar-refractivity contribution is -0.384. The van der Waals surface area contributed by atoms with Crippen LogP contribution in [0.2, 0.25) is 5.02 Å². The summed E-state index contributed by atoms with van der Waals surface area (Å²) in [6.07, 6.45) is 1.46. The van der Waals surface area contributed by atoms with E-state index in [4.69, 9.17) is 11.6 Å². The van der Waals surface area contributed by atoms with Crippen molar-refractivity contribution in [3.63, 3.8) is 0 Å². The number of sulfonamides is 1. The van der Waals surface area contributed by atoms with E-state index in [0.29, 0.717) is 36.9 Å². The summed E-state index contributed by atoms with van der Waals surface area (Å²) in [6, 6.07) is 7.04. The summed E-state index contributed by atoms with van der Waals surface area (Å²) in [5.74, 6) is -0.262. The number of carbonyl (C=O) groups excluding carboxylic acids is 1. The van der Waals surface area contributed by atoms with Crippen molar-refractivity contribution >= 4 is 38.9 Å². The Labute approximate surface area is 191 Å². The van der Waals surface area contributed by atoms with E-state index in [1.165, 1.54) is 28.7 Å². The lowest BCUT2D eigenvalue weighted by Gasteiger charge is -2.35.